The molecule has 2 N–H and O–H groups in total. The topological polar surface area (TPSA) is 107 Å². The van der Waals surface area contributed by atoms with Crippen molar-refractivity contribution in [3.8, 4) is 11.8 Å². The third-order valence-corrected chi connectivity index (χ3v) is 6.97. The molecule has 2 aliphatic rings. The number of ether oxygens (including phenoxy) is 1. The van der Waals surface area contributed by atoms with Crippen molar-refractivity contribution in [3.05, 3.63) is 29.8 Å². The fourth-order valence-electron chi connectivity index (χ4n) is 4.83. The third kappa shape index (κ3) is 7.04. The highest BCUT2D eigenvalue weighted by molar-refractivity contribution is 6.06. The molecule has 1 aromatic rings. The van der Waals surface area contributed by atoms with Gasteiger partial charge in [-0.3, -0.25) is 9.59 Å². The van der Waals surface area contributed by atoms with Crippen molar-refractivity contribution in [2.75, 3.05) is 27.2 Å². The molecule has 1 saturated carbocycles. The fourth-order valence-corrected chi connectivity index (χ4v) is 4.83. The van der Waals surface area contributed by atoms with Crippen molar-refractivity contribution < 1.29 is 14.3 Å². The van der Waals surface area contributed by atoms with Crippen molar-refractivity contribution in [1.29, 1.82) is 5.26 Å². The standard InChI is InChI=1S/C26H37N5O3/c1-19(32)28-24(21-9-11-22(34-3)12-10-21)29-23(17-20-7-5-4-6-8-20)25(33)30-26(18-27)13-15-31(2)16-14-26/h9-12,20,23H,4-8,13-17H2,1-3H3,(H,30,33)(H,28,29,32). The molecule has 3 rings (SSSR count). The summed E-state index contributed by atoms with van der Waals surface area (Å²) in [5.74, 6) is 0.920. The minimum absolute atomic E-state index is 0.207. The molecule has 0 aromatic heterocycles. The summed E-state index contributed by atoms with van der Waals surface area (Å²) in [6.07, 6.45) is 7.56. The van der Waals surface area contributed by atoms with Crippen molar-refractivity contribution in [1.82, 2.24) is 15.5 Å². The largest absolute Gasteiger partial charge is 0.497 e. The van der Waals surface area contributed by atoms with Crippen LogP contribution < -0.4 is 15.4 Å². The zero-order valence-corrected chi connectivity index (χ0v) is 20.6. The van der Waals surface area contributed by atoms with E-state index in [0.717, 1.165) is 25.9 Å². The van der Waals surface area contributed by atoms with Gasteiger partial charge in [-0.1, -0.05) is 32.1 Å². The number of carbonyl (C=O) groups is 2. The number of likely N-dealkylation sites (tertiary alicyclic amines) is 1. The summed E-state index contributed by atoms with van der Waals surface area (Å²) in [5, 5.41) is 16.3. The van der Waals surface area contributed by atoms with Crippen LogP contribution in [0.1, 0.15) is 63.9 Å². The van der Waals surface area contributed by atoms with Gasteiger partial charge in [0.05, 0.1) is 13.2 Å². The van der Waals surface area contributed by atoms with Crippen molar-refractivity contribution in [3.63, 3.8) is 0 Å². The Morgan fingerprint density at radius 2 is 1.85 bits per heavy atom. The second-order valence-electron chi connectivity index (χ2n) is 9.63. The summed E-state index contributed by atoms with van der Waals surface area (Å²) in [7, 11) is 3.62. The fraction of sp³-hybridized carbons (Fsp3) is 0.615. The van der Waals surface area contributed by atoms with E-state index < -0.39 is 11.6 Å². The van der Waals surface area contributed by atoms with E-state index in [4.69, 9.17) is 4.74 Å². The molecule has 1 atom stereocenters. The number of amides is 2. The number of carbonyl (C=O) groups excluding carboxylic acids is 2. The number of aliphatic imine (C=N–C) groups is 1. The highest BCUT2D eigenvalue weighted by atomic mass is 16.5. The molecular formula is C26H37N5O3. The Morgan fingerprint density at radius 1 is 1.21 bits per heavy atom. The zero-order valence-electron chi connectivity index (χ0n) is 20.6. The van der Waals surface area contributed by atoms with Crippen LogP contribution in [-0.2, 0) is 9.59 Å². The molecule has 1 aliphatic carbocycles. The van der Waals surface area contributed by atoms with Crippen LogP contribution in [0.2, 0.25) is 0 Å². The van der Waals surface area contributed by atoms with Crippen LogP contribution in [0.25, 0.3) is 0 Å². The maximum Gasteiger partial charge on any atom is 0.244 e. The maximum atomic E-state index is 13.6. The molecule has 2 fully saturated rings. The maximum absolute atomic E-state index is 13.6. The summed E-state index contributed by atoms with van der Waals surface area (Å²) < 4.78 is 5.24. The zero-order chi connectivity index (χ0) is 24.6. The normalized spacial score (nSPS) is 20.1. The van der Waals surface area contributed by atoms with E-state index in [1.165, 1.54) is 26.2 Å². The van der Waals surface area contributed by atoms with Gasteiger partial charge in [-0.25, -0.2) is 0 Å². The Morgan fingerprint density at radius 3 is 2.41 bits per heavy atom. The van der Waals surface area contributed by atoms with Gasteiger partial charge in [0.1, 0.15) is 23.2 Å². The van der Waals surface area contributed by atoms with Crippen molar-refractivity contribution in [2.45, 2.75) is 69.9 Å². The number of piperidine rings is 1. The number of nitriles is 1. The smallest absolute Gasteiger partial charge is 0.244 e. The van der Waals surface area contributed by atoms with Crippen molar-refractivity contribution >= 4 is 17.6 Å². The monoisotopic (exact) mass is 467 g/mol. The van der Waals surface area contributed by atoms with Crippen LogP contribution in [0.3, 0.4) is 0 Å². The average molecular weight is 468 g/mol. The van der Waals surface area contributed by atoms with E-state index in [2.05, 4.69) is 26.6 Å². The van der Waals surface area contributed by atoms with Gasteiger partial charge in [-0.15, -0.1) is 0 Å². The first-order valence-corrected chi connectivity index (χ1v) is 12.3. The highest BCUT2D eigenvalue weighted by Crippen LogP contribution is 2.28. The van der Waals surface area contributed by atoms with Crippen molar-refractivity contribution in [2.24, 2.45) is 10.9 Å². The number of hydrogen-bond donors (Lipinski definition) is 2. The van der Waals surface area contributed by atoms with Crippen LogP contribution in [0.5, 0.6) is 5.75 Å². The Bertz CT molecular complexity index is 907. The predicted octanol–water partition coefficient (Wildman–Crippen LogP) is 3.02. The van der Waals surface area contributed by atoms with Gasteiger partial charge in [-0.2, -0.15) is 10.3 Å². The first-order valence-electron chi connectivity index (χ1n) is 12.3. The Kier molecular flexibility index (Phi) is 9.05. The molecule has 1 unspecified atom stereocenters. The highest BCUT2D eigenvalue weighted by Gasteiger charge is 2.37. The minimum atomic E-state index is -0.867. The summed E-state index contributed by atoms with van der Waals surface area (Å²) in [6, 6.07) is 9.01. The molecule has 34 heavy (non-hydrogen) atoms. The van der Waals surface area contributed by atoms with E-state index in [-0.39, 0.29) is 11.8 Å². The lowest BCUT2D eigenvalue weighted by atomic mass is 9.84. The summed E-state index contributed by atoms with van der Waals surface area (Å²) in [6.45, 7) is 2.92. The SMILES string of the molecule is COc1ccc(/C(=N\C(C)=O)NC(CC2CCCCC2)C(=O)NC2(C#N)CCN(C)CC2)cc1. The van der Waals surface area contributed by atoms with Crippen LogP contribution in [-0.4, -0.2) is 61.4 Å². The molecule has 184 valence electrons. The van der Waals surface area contributed by atoms with Crippen LogP contribution in [0.15, 0.2) is 29.3 Å². The van der Waals surface area contributed by atoms with Crippen LogP contribution in [0, 0.1) is 17.2 Å². The number of benzene rings is 1. The lowest BCUT2D eigenvalue weighted by Crippen LogP contribution is -2.58. The molecule has 0 spiro atoms. The summed E-state index contributed by atoms with van der Waals surface area (Å²) in [4.78, 5) is 31.9. The van der Waals surface area contributed by atoms with E-state index in [9.17, 15) is 14.9 Å². The lowest BCUT2D eigenvalue weighted by molar-refractivity contribution is -0.125. The number of rotatable bonds is 7. The third-order valence-electron chi connectivity index (χ3n) is 6.97. The molecule has 1 aromatic carbocycles. The van der Waals surface area contributed by atoms with E-state index in [1.54, 1.807) is 19.2 Å². The second-order valence-corrected chi connectivity index (χ2v) is 9.63. The van der Waals surface area contributed by atoms with Gasteiger partial charge >= 0.3 is 0 Å². The Hall–Kier alpha value is -2.92. The predicted molar refractivity (Wildman–Crippen MR) is 132 cm³/mol. The number of amidine groups is 1. The van der Waals surface area contributed by atoms with Gasteiger partial charge in [0, 0.05) is 25.6 Å². The molecule has 0 bridgehead atoms. The van der Waals surface area contributed by atoms with Gasteiger partial charge in [0.25, 0.3) is 0 Å². The quantitative estimate of drug-likeness (QED) is 0.472. The van der Waals surface area contributed by atoms with Gasteiger partial charge in [-0.05, 0) is 56.5 Å². The van der Waals surface area contributed by atoms with Crippen LogP contribution >= 0.6 is 0 Å². The molecule has 8 heteroatoms. The van der Waals surface area contributed by atoms with E-state index in [1.807, 2.05) is 19.2 Å². The average Bonchev–Trinajstić information content (AvgIpc) is 2.85. The van der Waals surface area contributed by atoms with E-state index in [0.29, 0.717) is 42.3 Å². The van der Waals surface area contributed by atoms with Gasteiger partial charge < -0.3 is 20.3 Å². The molecule has 0 radical (unpaired) electrons. The first kappa shape index (κ1) is 25.7. The Balaban J connectivity index is 1.84. The van der Waals surface area contributed by atoms with Gasteiger partial charge in [0.15, 0.2) is 0 Å². The molecule has 2 amide bonds. The molecule has 8 nitrogen and oxygen atoms in total. The second kappa shape index (κ2) is 12.0. The lowest BCUT2D eigenvalue weighted by Gasteiger charge is -2.37. The number of nitrogens with one attached hydrogen (secondary N) is 2. The molecular weight excluding hydrogens is 430 g/mol. The summed E-state index contributed by atoms with van der Waals surface area (Å²) >= 11 is 0. The number of methoxy groups -OCH3 is 1. The number of nitrogens with zero attached hydrogens (tertiary/aromatic N) is 3. The first-order chi connectivity index (χ1) is 16.3. The number of hydrogen-bond acceptors (Lipinski definition) is 5. The molecule has 1 saturated heterocycles. The van der Waals surface area contributed by atoms with E-state index >= 15 is 0 Å². The van der Waals surface area contributed by atoms with Crippen LogP contribution in [0.4, 0.5) is 0 Å². The minimum Gasteiger partial charge on any atom is -0.497 e. The summed E-state index contributed by atoms with van der Waals surface area (Å²) in [5.41, 5.74) is -0.166. The Labute approximate surface area is 202 Å². The molecule has 1 heterocycles. The van der Waals surface area contributed by atoms with Gasteiger partial charge in [0.2, 0.25) is 11.8 Å². The molecule has 1 aliphatic heterocycles.